The van der Waals surface area contributed by atoms with Crippen LogP contribution in [0.5, 0.6) is 0 Å². The maximum absolute atomic E-state index is 12.6. The summed E-state index contributed by atoms with van der Waals surface area (Å²) in [4.78, 5) is 25.1. The molecule has 1 aliphatic rings. The Morgan fingerprint density at radius 1 is 1.39 bits per heavy atom. The number of morpholine rings is 1. The van der Waals surface area contributed by atoms with Gasteiger partial charge in [-0.05, 0) is 18.2 Å². The number of amides is 1. The Hall–Kier alpha value is -1.93. The van der Waals surface area contributed by atoms with Gasteiger partial charge in [-0.15, -0.1) is 0 Å². The Morgan fingerprint density at radius 2 is 2.13 bits per heavy atom. The average Bonchev–Trinajstić information content (AvgIpc) is 2.54. The van der Waals surface area contributed by atoms with Crippen molar-refractivity contribution in [2.75, 3.05) is 25.5 Å². The van der Waals surface area contributed by atoms with Crippen LogP contribution in [0.25, 0.3) is 0 Å². The monoisotopic (exact) mass is 341 g/mol. The molecule has 1 amide bonds. The lowest BCUT2D eigenvalue weighted by molar-refractivity contribution is -0.139. The van der Waals surface area contributed by atoms with Crippen molar-refractivity contribution in [3.05, 3.63) is 29.8 Å². The van der Waals surface area contributed by atoms with Gasteiger partial charge in [-0.3, -0.25) is 9.59 Å². The van der Waals surface area contributed by atoms with Crippen LogP contribution in [0.15, 0.2) is 29.2 Å². The Kier molecular flexibility index (Phi) is 5.38. The van der Waals surface area contributed by atoms with Gasteiger partial charge in [0, 0.05) is 12.1 Å². The number of carbonyl (C=O) groups excluding carboxylic acids is 1. The summed E-state index contributed by atoms with van der Waals surface area (Å²) in [5, 5.41) is 8.95. The van der Waals surface area contributed by atoms with Gasteiger partial charge in [0.15, 0.2) is 9.84 Å². The molecule has 23 heavy (non-hydrogen) atoms. The molecule has 0 aliphatic carbocycles. The van der Waals surface area contributed by atoms with Crippen LogP contribution in [0.4, 0.5) is 0 Å². The maximum Gasteiger partial charge on any atom is 0.305 e. The number of hydrogen-bond acceptors (Lipinski definition) is 5. The third-order valence-electron chi connectivity index (χ3n) is 3.72. The zero-order valence-corrected chi connectivity index (χ0v) is 13.6. The van der Waals surface area contributed by atoms with Gasteiger partial charge in [0.25, 0.3) is 5.91 Å². The first kappa shape index (κ1) is 17.4. The molecule has 1 heterocycles. The van der Waals surface area contributed by atoms with Crippen LogP contribution in [0.1, 0.15) is 23.7 Å². The van der Waals surface area contributed by atoms with E-state index in [-0.39, 0.29) is 41.7 Å². The van der Waals surface area contributed by atoms with E-state index in [4.69, 9.17) is 9.84 Å². The third-order valence-corrected chi connectivity index (χ3v) is 5.45. The largest absolute Gasteiger partial charge is 0.481 e. The van der Waals surface area contributed by atoms with E-state index in [0.717, 1.165) is 0 Å². The molecule has 126 valence electrons. The van der Waals surface area contributed by atoms with Gasteiger partial charge >= 0.3 is 5.97 Å². The number of nitrogens with zero attached hydrogens (tertiary/aromatic N) is 1. The minimum atomic E-state index is -3.41. The highest BCUT2D eigenvalue weighted by Crippen LogP contribution is 2.18. The first-order chi connectivity index (χ1) is 10.8. The highest BCUT2D eigenvalue weighted by Gasteiger charge is 2.30. The van der Waals surface area contributed by atoms with E-state index in [1.54, 1.807) is 0 Å². The number of aliphatic carboxylic acids is 1. The average molecular weight is 341 g/mol. The molecule has 1 aromatic rings. The summed E-state index contributed by atoms with van der Waals surface area (Å²) in [5.74, 6) is -1.45. The maximum atomic E-state index is 12.6. The molecule has 8 heteroatoms. The van der Waals surface area contributed by atoms with Crippen molar-refractivity contribution >= 4 is 21.7 Å². The topological polar surface area (TPSA) is 101 Å². The SMILES string of the molecule is CCS(=O)(=O)c1cccc(C(=O)N2CCOCC2CC(=O)O)c1. The van der Waals surface area contributed by atoms with Crippen LogP contribution in [0.2, 0.25) is 0 Å². The van der Waals surface area contributed by atoms with E-state index < -0.39 is 21.8 Å². The first-order valence-corrected chi connectivity index (χ1v) is 8.93. The molecule has 0 aromatic heterocycles. The van der Waals surface area contributed by atoms with Gasteiger partial charge in [-0.2, -0.15) is 0 Å². The highest BCUT2D eigenvalue weighted by molar-refractivity contribution is 7.91. The lowest BCUT2D eigenvalue weighted by atomic mass is 10.1. The Bertz CT molecular complexity index is 700. The summed E-state index contributed by atoms with van der Waals surface area (Å²) in [5.41, 5.74) is 0.233. The molecule has 1 aromatic carbocycles. The van der Waals surface area contributed by atoms with Crippen LogP contribution in [0, 0.1) is 0 Å². The number of benzene rings is 1. The van der Waals surface area contributed by atoms with E-state index in [1.165, 1.54) is 36.1 Å². The number of carboxylic acids is 1. The highest BCUT2D eigenvalue weighted by atomic mass is 32.2. The molecule has 2 rings (SSSR count). The van der Waals surface area contributed by atoms with Gasteiger partial charge in [-0.25, -0.2) is 8.42 Å². The van der Waals surface area contributed by atoms with E-state index in [0.29, 0.717) is 6.61 Å². The fraction of sp³-hybridized carbons (Fsp3) is 0.467. The molecule has 0 bridgehead atoms. The summed E-state index contributed by atoms with van der Waals surface area (Å²) >= 11 is 0. The molecular weight excluding hydrogens is 322 g/mol. The molecule has 1 unspecified atom stereocenters. The van der Waals surface area contributed by atoms with E-state index in [9.17, 15) is 18.0 Å². The first-order valence-electron chi connectivity index (χ1n) is 7.28. The van der Waals surface area contributed by atoms with Crippen molar-refractivity contribution in [1.82, 2.24) is 4.90 Å². The molecule has 1 N–H and O–H groups in total. The van der Waals surface area contributed by atoms with Crippen LogP contribution in [0.3, 0.4) is 0 Å². The quantitative estimate of drug-likeness (QED) is 0.850. The fourth-order valence-corrected chi connectivity index (χ4v) is 3.37. The number of hydrogen-bond donors (Lipinski definition) is 1. The summed E-state index contributed by atoms with van der Waals surface area (Å²) in [6.07, 6.45) is -0.210. The van der Waals surface area contributed by atoms with Crippen molar-refractivity contribution in [3.63, 3.8) is 0 Å². The molecule has 1 aliphatic heterocycles. The van der Waals surface area contributed by atoms with Crippen LogP contribution in [-0.2, 0) is 19.4 Å². The molecular formula is C15H19NO6S. The number of rotatable bonds is 5. The van der Waals surface area contributed by atoms with E-state index in [1.807, 2.05) is 0 Å². The van der Waals surface area contributed by atoms with Gasteiger partial charge in [0.1, 0.15) is 0 Å². The molecule has 7 nitrogen and oxygen atoms in total. The van der Waals surface area contributed by atoms with Crippen LogP contribution in [-0.4, -0.2) is 61.9 Å². The molecule has 1 fully saturated rings. The Balaban J connectivity index is 2.28. The van der Waals surface area contributed by atoms with E-state index >= 15 is 0 Å². The van der Waals surface area contributed by atoms with Crippen molar-refractivity contribution in [2.45, 2.75) is 24.3 Å². The van der Waals surface area contributed by atoms with Crippen LogP contribution < -0.4 is 0 Å². The molecule has 0 spiro atoms. The minimum absolute atomic E-state index is 0.0517. The number of ether oxygens (including phenoxy) is 1. The predicted molar refractivity (Wildman–Crippen MR) is 82.1 cm³/mol. The van der Waals surface area contributed by atoms with Gasteiger partial charge < -0.3 is 14.7 Å². The second-order valence-corrected chi connectivity index (χ2v) is 7.53. The summed E-state index contributed by atoms with van der Waals surface area (Å²) in [7, 11) is -3.41. The summed E-state index contributed by atoms with van der Waals surface area (Å²) < 4.78 is 29.1. The Labute approximate surface area is 134 Å². The molecule has 0 saturated carbocycles. The molecule has 1 atom stereocenters. The van der Waals surface area contributed by atoms with E-state index in [2.05, 4.69) is 0 Å². The molecule has 1 saturated heterocycles. The second-order valence-electron chi connectivity index (χ2n) is 5.26. The lowest BCUT2D eigenvalue weighted by Gasteiger charge is -2.35. The second kappa shape index (κ2) is 7.10. The number of carbonyl (C=O) groups is 2. The smallest absolute Gasteiger partial charge is 0.305 e. The summed E-state index contributed by atoms with van der Waals surface area (Å²) in [6, 6.07) is 5.28. The van der Waals surface area contributed by atoms with Gasteiger partial charge in [0.2, 0.25) is 0 Å². The van der Waals surface area contributed by atoms with Gasteiger partial charge in [-0.1, -0.05) is 13.0 Å². The lowest BCUT2D eigenvalue weighted by Crippen LogP contribution is -2.49. The normalized spacial score (nSPS) is 18.7. The van der Waals surface area contributed by atoms with Crippen molar-refractivity contribution in [1.29, 1.82) is 0 Å². The number of carboxylic acid groups (broad SMARTS) is 1. The third kappa shape index (κ3) is 4.08. The minimum Gasteiger partial charge on any atom is -0.481 e. The van der Waals surface area contributed by atoms with Gasteiger partial charge in [0.05, 0.1) is 36.3 Å². The van der Waals surface area contributed by atoms with Crippen LogP contribution >= 0.6 is 0 Å². The fourth-order valence-electron chi connectivity index (χ4n) is 2.45. The zero-order chi connectivity index (χ0) is 17.0. The Morgan fingerprint density at radius 3 is 2.78 bits per heavy atom. The molecule has 0 radical (unpaired) electrons. The predicted octanol–water partition coefficient (Wildman–Crippen LogP) is 0.796. The van der Waals surface area contributed by atoms with Crippen molar-refractivity contribution < 1.29 is 27.9 Å². The zero-order valence-electron chi connectivity index (χ0n) is 12.8. The standard InChI is InChI=1S/C15H19NO6S/c1-2-23(20,21)13-5-3-4-11(8-13)15(19)16-6-7-22-10-12(16)9-14(17)18/h3-5,8,12H,2,6-7,9-10H2,1H3,(H,17,18). The summed E-state index contributed by atoms with van der Waals surface area (Å²) in [6.45, 7) is 2.30. The van der Waals surface area contributed by atoms with Crippen molar-refractivity contribution in [2.24, 2.45) is 0 Å². The number of sulfone groups is 1. The van der Waals surface area contributed by atoms with Crippen molar-refractivity contribution in [3.8, 4) is 0 Å².